The van der Waals surface area contributed by atoms with E-state index >= 15 is 0 Å². The molecule has 0 amide bonds. The van der Waals surface area contributed by atoms with E-state index in [1.165, 1.54) is 17.8 Å². The molecule has 4 nitrogen and oxygen atoms in total. The minimum absolute atomic E-state index is 0.0871. The first-order chi connectivity index (χ1) is 12.4. The standard InChI is InChI=1S/C19H19FN2O2S2/c1-13-6-8-15(9-7-13)22-18-12-26(23,24)11-17(18)21-19(22)25-10-14-4-2-3-5-16(14)20/h2-9,17-18H,10-12H2,1H3/t17-,18+/m1/s1. The molecule has 2 atom stereocenters. The molecule has 0 spiro atoms. The number of hydrogen-bond donors (Lipinski definition) is 0. The maximum Gasteiger partial charge on any atom is 0.164 e. The zero-order chi connectivity index (χ0) is 18.3. The molecule has 7 heteroatoms. The van der Waals surface area contributed by atoms with Crippen LogP contribution in [0.3, 0.4) is 0 Å². The van der Waals surface area contributed by atoms with Crippen LogP contribution in [0, 0.1) is 12.7 Å². The summed E-state index contributed by atoms with van der Waals surface area (Å²) in [6.07, 6.45) is 0. The Kier molecular flexibility index (Phi) is 4.52. The molecule has 2 aromatic rings. The number of halogens is 1. The maximum atomic E-state index is 13.9. The molecule has 4 rings (SSSR count). The number of aryl methyl sites for hydroxylation is 1. The Balaban J connectivity index is 1.63. The van der Waals surface area contributed by atoms with Gasteiger partial charge in [-0.3, -0.25) is 4.99 Å². The van der Waals surface area contributed by atoms with Crippen molar-refractivity contribution in [3.8, 4) is 0 Å². The Hall–Kier alpha value is -1.86. The van der Waals surface area contributed by atoms with Gasteiger partial charge in [0.15, 0.2) is 15.0 Å². The first-order valence-electron chi connectivity index (χ1n) is 8.43. The van der Waals surface area contributed by atoms with Gasteiger partial charge < -0.3 is 4.90 Å². The highest BCUT2D eigenvalue weighted by atomic mass is 32.2. The first kappa shape index (κ1) is 17.5. The van der Waals surface area contributed by atoms with E-state index in [4.69, 9.17) is 0 Å². The normalized spacial score (nSPS) is 23.8. The number of amidine groups is 1. The SMILES string of the molecule is Cc1ccc(N2C(SCc3ccccc3F)=N[C@@H]3CS(=O)(=O)C[C@@H]32)cc1. The van der Waals surface area contributed by atoms with Gasteiger partial charge in [-0.1, -0.05) is 47.7 Å². The summed E-state index contributed by atoms with van der Waals surface area (Å²) in [4.78, 5) is 6.69. The molecule has 0 radical (unpaired) electrons. The summed E-state index contributed by atoms with van der Waals surface area (Å²) in [6, 6.07) is 14.3. The van der Waals surface area contributed by atoms with Gasteiger partial charge in [0.25, 0.3) is 0 Å². The van der Waals surface area contributed by atoms with Crippen molar-refractivity contribution in [1.82, 2.24) is 0 Å². The average Bonchev–Trinajstić information content (AvgIpc) is 3.06. The predicted molar refractivity (Wildman–Crippen MR) is 105 cm³/mol. The Morgan fingerprint density at radius 1 is 1.15 bits per heavy atom. The van der Waals surface area contributed by atoms with Crippen molar-refractivity contribution in [2.75, 3.05) is 16.4 Å². The lowest BCUT2D eigenvalue weighted by molar-refractivity contribution is 0.601. The van der Waals surface area contributed by atoms with Gasteiger partial charge in [0.1, 0.15) is 5.82 Å². The molecule has 136 valence electrons. The highest BCUT2D eigenvalue weighted by molar-refractivity contribution is 8.13. The number of aliphatic imine (C=N–C) groups is 1. The van der Waals surface area contributed by atoms with E-state index in [-0.39, 0.29) is 29.4 Å². The molecule has 2 aromatic carbocycles. The van der Waals surface area contributed by atoms with Crippen molar-refractivity contribution in [3.63, 3.8) is 0 Å². The summed E-state index contributed by atoms with van der Waals surface area (Å²) in [5, 5.41) is 0.766. The molecule has 0 aromatic heterocycles. The van der Waals surface area contributed by atoms with Crippen molar-refractivity contribution in [2.45, 2.75) is 24.8 Å². The first-order valence-corrected chi connectivity index (χ1v) is 11.2. The lowest BCUT2D eigenvalue weighted by Gasteiger charge is -2.26. The maximum absolute atomic E-state index is 13.9. The van der Waals surface area contributed by atoms with Crippen LogP contribution in [0.1, 0.15) is 11.1 Å². The third-order valence-electron chi connectivity index (χ3n) is 4.73. The van der Waals surface area contributed by atoms with Crippen LogP contribution < -0.4 is 4.90 Å². The second kappa shape index (κ2) is 6.70. The van der Waals surface area contributed by atoms with Gasteiger partial charge in [0.05, 0.1) is 23.6 Å². The van der Waals surface area contributed by atoms with Crippen molar-refractivity contribution >= 4 is 32.5 Å². The summed E-state index contributed by atoms with van der Waals surface area (Å²) in [5.41, 5.74) is 2.69. The number of fused-ring (bicyclic) bond motifs is 1. The number of thioether (sulfide) groups is 1. The Morgan fingerprint density at radius 2 is 1.88 bits per heavy atom. The van der Waals surface area contributed by atoms with Gasteiger partial charge in [0.2, 0.25) is 0 Å². The molecular formula is C19H19FN2O2S2. The smallest absolute Gasteiger partial charge is 0.164 e. The zero-order valence-corrected chi connectivity index (χ0v) is 15.9. The van der Waals surface area contributed by atoms with Crippen LogP contribution in [-0.2, 0) is 15.6 Å². The Labute approximate surface area is 157 Å². The largest absolute Gasteiger partial charge is 0.315 e. The lowest BCUT2D eigenvalue weighted by Crippen LogP contribution is -2.39. The van der Waals surface area contributed by atoms with Crippen molar-refractivity contribution in [3.05, 3.63) is 65.5 Å². The van der Waals surface area contributed by atoms with Crippen LogP contribution in [0.25, 0.3) is 0 Å². The lowest BCUT2D eigenvalue weighted by atomic mass is 10.1. The van der Waals surface area contributed by atoms with Crippen molar-refractivity contribution in [2.24, 2.45) is 4.99 Å². The Morgan fingerprint density at radius 3 is 2.62 bits per heavy atom. The molecule has 1 fully saturated rings. The van der Waals surface area contributed by atoms with E-state index < -0.39 is 9.84 Å². The molecule has 1 saturated heterocycles. The van der Waals surface area contributed by atoms with E-state index in [2.05, 4.69) is 4.99 Å². The van der Waals surface area contributed by atoms with E-state index in [1.807, 2.05) is 42.2 Å². The third-order valence-corrected chi connectivity index (χ3v) is 7.45. The number of hydrogen-bond acceptors (Lipinski definition) is 5. The average molecular weight is 391 g/mol. The molecule has 0 unspecified atom stereocenters. The third kappa shape index (κ3) is 3.38. The quantitative estimate of drug-likeness (QED) is 0.806. The number of rotatable bonds is 3. The van der Waals surface area contributed by atoms with Gasteiger partial charge in [0, 0.05) is 11.4 Å². The minimum Gasteiger partial charge on any atom is -0.315 e. The molecule has 0 bridgehead atoms. The summed E-state index contributed by atoms with van der Waals surface area (Å²) >= 11 is 1.46. The number of nitrogens with zero attached hydrogens (tertiary/aromatic N) is 2. The van der Waals surface area contributed by atoms with Crippen LogP contribution >= 0.6 is 11.8 Å². The van der Waals surface area contributed by atoms with Crippen LogP contribution in [0.15, 0.2) is 53.5 Å². The summed E-state index contributed by atoms with van der Waals surface area (Å²) in [5.74, 6) is 0.422. The van der Waals surface area contributed by atoms with E-state index in [0.717, 1.165) is 16.4 Å². The van der Waals surface area contributed by atoms with E-state index in [0.29, 0.717) is 11.3 Å². The van der Waals surface area contributed by atoms with E-state index in [1.54, 1.807) is 12.1 Å². The minimum atomic E-state index is -3.07. The van der Waals surface area contributed by atoms with E-state index in [9.17, 15) is 12.8 Å². The molecule has 2 aliphatic heterocycles. The monoisotopic (exact) mass is 390 g/mol. The van der Waals surface area contributed by atoms with Gasteiger partial charge in [-0.25, -0.2) is 12.8 Å². The van der Waals surface area contributed by atoms with Crippen LogP contribution in [0.5, 0.6) is 0 Å². The van der Waals surface area contributed by atoms with Gasteiger partial charge in [-0.15, -0.1) is 0 Å². The predicted octanol–water partition coefficient (Wildman–Crippen LogP) is 3.41. The fraction of sp³-hybridized carbons (Fsp3) is 0.316. The molecule has 0 N–H and O–H groups in total. The second-order valence-corrected chi connectivity index (χ2v) is 9.81. The molecule has 2 heterocycles. The molecular weight excluding hydrogens is 371 g/mol. The fourth-order valence-electron chi connectivity index (χ4n) is 3.40. The number of anilines is 1. The van der Waals surface area contributed by atoms with Crippen LogP contribution in [0.2, 0.25) is 0 Å². The summed E-state index contributed by atoms with van der Waals surface area (Å²) in [6.45, 7) is 2.01. The molecule has 0 aliphatic carbocycles. The molecule has 0 saturated carbocycles. The van der Waals surface area contributed by atoms with Gasteiger partial charge >= 0.3 is 0 Å². The highest BCUT2D eigenvalue weighted by Gasteiger charge is 2.47. The number of benzene rings is 2. The summed E-state index contributed by atoms with van der Waals surface area (Å²) < 4.78 is 38.0. The van der Waals surface area contributed by atoms with Crippen molar-refractivity contribution in [1.29, 1.82) is 0 Å². The fourth-order valence-corrected chi connectivity index (χ4v) is 6.35. The van der Waals surface area contributed by atoms with Crippen molar-refractivity contribution < 1.29 is 12.8 Å². The molecule has 2 aliphatic rings. The Bertz CT molecular complexity index is 958. The van der Waals surface area contributed by atoms with Gasteiger partial charge in [-0.05, 0) is 30.7 Å². The summed E-state index contributed by atoms with van der Waals surface area (Å²) in [7, 11) is -3.07. The zero-order valence-electron chi connectivity index (χ0n) is 14.3. The molecule has 26 heavy (non-hydrogen) atoms. The van der Waals surface area contributed by atoms with Crippen LogP contribution in [0.4, 0.5) is 10.1 Å². The second-order valence-electron chi connectivity index (χ2n) is 6.71. The van der Waals surface area contributed by atoms with Gasteiger partial charge in [-0.2, -0.15) is 0 Å². The topological polar surface area (TPSA) is 49.7 Å². The number of sulfone groups is 1. The van der Waals surface area contributed by atoms with Crippen LogP contribution in [-0.4, -0.2) is 37.2 Å². The highest BCUT2D eigenvalue weighted by Crippen LogP contribution is 2.36.